The number of hydrogen-bond donors (Lipinski definition) is 2. The summed E-state index contributed by atoms with van der Waals surface area (Å²) >= 11 is 3.35. The van der Waals surface area contributed by atoms with Crippen molar-refractivity contribution in [2.75, 3.05) is 18.4 Å². The highest BCUT2D eigenvalue weighted by molar-refractivity contribution is 9.10. The predicted molar refractivity (Wildman–Crippen MR) is 82.4 cm³/mol. The molecule has 106 valence electrons. The molecule has 5 heteroatoms. The summed E-state index contributed by atoms with van der Waals surface area (Å²) in [6.07, 6.45) is 1.69. The van der Waals surface area contributed by atoms with Gasteiger partial charge in [0, 0.05) is 23.8 Å². The van der Waals surface area contributed by atoms with Crippen LogP contribution in [-0.2, 0) is 0 Å². The average molecular weight is 328 g/mol. The van der Waals surface area contributed by atoms with Crippen molar-refractivity contribution in [2.24, 2.45) is 11.8 Å². The maximum atomic E-state index is 12.2. The molecular formula is C14H22BrN3O. The van der Waals surface area contributed by atoms with Crippen molar-refractivity contribution in [3.63, 3.8) is 0 Å². The minimum Gasteiger partial charge on any atom is -0.370 e. The summed E-state index contributed by atoms with van der Waals surface area (Å²) in [5.41, 5.74) is 0.576. The standard InChI is InChI=1S/C14H22BrN3O/c1-5-16-13-12(6-11(15)8-17-13)14(19)18-7-10(4)9(2)3/h6,8-10H,5,7H2,1-4H3,(H,16,17)(H,18,19). The zero-order chi connectivity index (χ0) is 14.4. The molecule has 4 nitrogen and oxygen atoms in total. The molecular weight excluding hydrogens is 306 g/mol. The minimum atomic E-state index is -0.0859. The van der Waals surface area contributed by atoms with E-state index in [2.05, 4.69) is 52.3 Å². The van der Waals surface area contributed by atoms with Crippen molar-refractivity contribution in [3.05, 3.63) is 22.3 Å². The summed E-state index contributed by atoms with van der Waals surface area (Å²) in [5, 5.41) is 6.07. The van der Waals surface area contributed by atoms with Crippen LogP contribution >= 0.6 is 15.9 Å². The molecule has 0 spiro atoms. The second-order valence-corrected chi connectivity index (χ2v) is 5.93. The van der Waals surface area contributed by atoms with Crippen molar-refractivity contribution in [3.8, 4) is 0 Å². The third-order valence-corrected chi connectivity index (χ3v) is 3.60. The Morgan fingerprint density at radius 1 is 1.42 bits per heavy atom. The van der Waals surface area contributed by atoms with Crippen LogP contribution in [0.1, 0.15) is 38.1 Å². The van der Waals surface area contributed by atoms with Crippen molar-refractivity contribution >= 4 is 27.7 Å². The Hall–Kier alpha value is -1.10. The highest BCUT2D eigenvalue weighted by Gasteiger charge is 2.15. The molecule has 1 atom stereocenters. The maximum Gasteiger partial charge on any atom is 0.255 e. The van der Waals surface area contributed by atoms with Crippen LogP contribution in [0.5, 0.6) is 0 Å². The average Bonchev–Trinajstić information content (AvgIpc) is 2.37. The zero-order valence-electron chi connectivity index (χ0n) is 12.0. The van der Waals surface area contributed by atoms with Gasteiger partial charge in [0.05, 0.1) is 5.56 Å². The fourth-order valence-corrected chi connectivity index (χ4v) is 1.84. The molecule has 0 saturated heterocycles. The van der Waals surface area contributed by atoms with Gasteiger partial charge in [0.1, 0.15) is 5.82 Å². The van der Waals surface area contributed by atoms with E-state index in [1.165, 1.54) is 0 Å². The molecule has 1 aromatic rings. The molecule has 0 aliphatic rings. The number of amides is 1. The Morgan fingerprint density at radius 3 is 2.68 bits per heavy atom. The van der Waals surface area contributed by atoms with Gasteiger partial charge in [-0.1, -0.05) is 20.8 Å². The monoisotopic (exact) mass is 327 g/mol. The van der Waals surface area contributed by atoms with E-state index < -0.39 is 0 Å². The summed E-state index contributed by atoms with van der Waals surface area (Å²) < 4.78 is 0.802. The first-order valence-corrected chi connectivity index (χ1v) is 7.42. The number of hydrogen-bond acceptors (Lipinski definition) is 3. The number of aromatic nitrogens is 1. The highest BCUT2D eigenvalue weighted by Crippen LogP contribution is 2.18. The van der Waals surface area contributed by atoms with Crippen LogP contribution in [0.3, 0.4) is 0 Å². The lowest BCUT2D eigenvalue weighted by Gasteiger charge is -2.17. The van der Waals surface area contributed by atoms with Crippen LogP contribution in [0, 0.1) is 11.8 Å². The number of nitrogens with one attached hydrogen (secondary N) is 2. The number of carbonyl (C=O) groups is 1. The molecule has 2 N–H and O–H groups in total. The van der Waals surface area contributed by atoms with E-state index in [1.54, 1.807) is 12.3 Å². The molecule has 1 heterocycles. The van der Waals surface area contributed by atoms with Crippen molar-refractivity contribution in [2.45, 2.75) is 27.7 Å². The minimum absolute atomic E-state index is 0.0859. The van der Waals surface area contributed by atoms with Crippen LogP contribution in [0.15, 0.2) is 16.7 Å². The Bertz CT molecular complexity index is 435. The second kappa shape index (κ2) is 7.48. The Labute approximate surface area is 123 Å². The molecule has 0 aliphatic carbocycles. The fraction of sp³-hybridized carbons (Fsp3) is 0.571. The van der Waals surface area contributed by atoms with Gasteiger partial charge in [-0.25, -0.2) is 4.98 Å². The van der Waals surface area contributed by atoms with E-state index in [9.17, 15) is 4.79 Å². The van der Waals surface area contributed by atoms with E-state index >= 15 is 0 Å². The second-order valence-electron chi connectivity index (χ2n) is 5.01. The highest BCUT2D eigenvalue weighted by atomic mass is 79.9. The van der Waals surface area contributed by atoms with Gasteiger partial charge in [-0.2, -0.15) is 0 Å². The third kappa shape index (κ3) is 4.82. The van der Waals surface area contributed by atoms with Gasteiger partial charge in [-0.05, 0) is 40.8 Å². The molecule has 0 radical (unpaired) electrons. The van der Waals surface area contributed by atoms with E-state index in [4.69, 9.17) is 0 Å². The van der Waals surface area contributed by atoms with Gasteiger partial charge in [-0.15, -0.1) is 0 Å². The van der Waals surface area contributed by atoms with Crippen molar-refractivity contribution in [1.82, 2.24) is 10.3 Å². The molecule has 0 aromatic carbocycles. The SMILES string of the molecule is CCNc1ncc(Br)cc1C(=O)NCC(C)C(C)C. The van der Waals surface area contributed by atoms with Gasteiger partial charge in [-0.3, -0.25) is 4.79 Å². The Morgan fingerprint density at radius 2 is 2.11 bits per heavy atom. The Balaban J connectivity index is 2.77. The summed E-state index contributed by atoms with van der Waals surface area (Å²) in [6, 6.07) is 1.79. The first kappa shape index (κ1) is 16.0. The zero-order valence-corrected chi connectivity index (χ0v) is 13.5. The number of rotatable bonds is 6. The molecule has 0 saturated carbocycles. The normalized spacial score (nSPS) is 12.3. The first-order chi connectivity index (χ1) is 8.95. The van der Waals surface area contributed by atoms with E-state index in [0.717, 1.165) is 11.0 Å². The lowest BCUT2D eigenvalue weighted by molar-refractivity contribution is 0.0945. The van der Waals surface area contributed by atoms with Gasteiger partial charge in [0.2, 0.25) is 0 Å². The van der Waals surface area contributed by atoms with Crippen LogP contribution in [-0.4, -0.2) is 24.0 Å². The van der Waals surface area contributed by atoms with Crippen LogP contribution < -0.4 is 10.6 Å². The number of halogens is 1. The number of nitrogens with zero attached hydrogens (tertiary/aromatic N) is 1. The summed E-state index contributed by atoms with van der Waals surface area (Å²) in [5.74, 6) is 1.54. The van der Waals surface area contributed by atoms with Gasteiger partial charge < -0.3 is 10.6 Å². The molecule has 1 unspecified atom stereocenters. The quantitative estimate of drug-likeness (QED) is 0.842. The van der Waals surface area contributed by atoms with Gasteiger partial charge in [0.25, 0.3) is 5.91 Å². The fourth-order valence-electron chi connectivity index (χ4n) is 1.51. The molecule has 1 amide bonds. The van der Waals surface area contributed by atoms with Gasteiger partial charge in [0.15, 0.2) is 0 Å². The van der Waals surface area contributed by atoms with Crippen LogP contribution in [0.2, 0.25) is 0 Å². The lowest BCUT2D eigenvalue weighted by Crippen LogP contribution is -2.30. The summed E-state index contributed by atoms with van der Waals surface area (Å²) in [7, 11) is 0. The van der Waals surface area contributed by atoms with Crippen molar-refractivity contribution < 1.29 is 4.79 Å². The number of pyridine rings is 1. The van der Waals surface area contributed by atoms with Gasteiger partial charge >= 0.3 is 0 Å². The maximum absolute atomic E-state index is 12.2. The molecule has 1 rings (SSSR count). The van der Waals surface area contributed by atoms with E-state index in [-0.39, 0.29) is 5.91 Å². The summed E-state index contributed by atoms with van der Waals surface area (Å²) in [4.78, 5) is 16.4. The third-order valence-electron chi connectivity index (χ3n) is 3.17. The first-order valence-electron chi connectivity index (χ1n) is 6.63. The molecule has 0 aliphatic heterocycles. The summed E-state index contributed by atoms with van der Waals surface area (Å²) in [6.45, 7) is 9.83. The molecule has 0 bridgehead atoms. The smallest absolute Gasteiger partial charge is 0.255 e. The van der Waals surface area contributed by atoms with Crippen LogP contribution in [0.4, 0.5) is 5.82 Å². The molecule has 0 fully saturated rings. The topological polar surface area (TPSA) is 54.0 Å². The van der Waals surface area contributed by atoms with Crippen LogP contribution in [0.25, 0.3) is 0 Å². The Kier molecular flexibility index (Phi) is 6.28. The van der Waals surface area contributed by atoms with E-state index in [0.29, 0.717) is 29.8 Å². The predicted octanol–water partition coefficient (Wildman–Crippen LogP) is 3.30. The lowest BCUT2D eigenvalue weighted by atomic mass is 9.98. The molecule has 1 aromatic heterocycles. The number of carbonyl (C=O) groups excluding carboxylic acids is 1. The van der Waals surface area contributed by atoms with E-state index in [1.807, 2.05) is 6.92 Å². The van der Waals surface area contributed by atoms with Crippen molar-refractivity contribution in [1.29, 1.82) is 0 Å². The largest absolute Gasteiger partial charge is 0.370 e. The number of anilines is 1. The molecule has 19 heavy (non-hydrogen) atoms.